The van der Waals surface area contributed by atoms with Crippen molar-refractivity contribution < 1.29 is 8.42 Å². The second-order valence-electron chi connectivity index (χ2n) is 6.54. The maximum Gasteiger partial charge on any atom is 0.213 e. The first-order valence-corrected chi connectivity index (χ1v) is 10.7. The summed E-state index contributed by atoms with van der Waals surface area (Å²) in [5.41, 5.74) is 1.19. The molecular formula is C18H30N4O2S. The maximum absolute atomic E-state index is 12.1. The third-order valence-electron chi connectivity index (χ3n) is 4.40. The highest BCUT2D eigenvalue weighted by Crippen LogP contribution is 2.25. The third kappa shape index (κ3) is 7.04. The van der Waals surface area contributed by atoms with Gasteiger partial charge in [0.15, 0.2) is 5.96 Å². The Balaban J connectivity index is 1.85. The average molecular weight is 367 g/mol. The van der Waals surface area contributed by atoms with Crippen LogP contribution in [0.3, 0.4) is 0 Å². The van der Waals surface area contributed by atoms with Gasteiger partial charge in [0.2, 0.25) is 10.0 Å². The van der Waals surface area contributed by atoms with Crippen molar-refractivity contribution in [1.29, 1.82) is 0 Å². The summed E-state index contributed by atoms with van der Waals surface area (Å²) in [6.07, 6.45) is 3.49. The van der Waals surface area contributed by atoms with Crippen molar-refractivity contribution in [1.82, 2.24) is 14.9 Å². The fourth-order valence-corrected chi connectivity index (χ4v) is 3.65. The van der Waals surface area contributed by atoms with E-state index in [4.69, 9.17) is 0 Å². The Kier molecular flexibility index (Phi) is 7.71. The molecule has 0 unspecified atom stereocenters. The van der Waals surface area contributed by atoms with Crippen LogP contribution in [-0.2, 0) is 16.6 Å². The summed E-state index contributed by atoms with van der Waals surface area (Å²) >= 11 is 0. The van der Waals surface area contributed by atoms with Gasteiger partial charge in [-0.2, -0.15) is 0 Å². The van der Waals surface area contributed by atoms with Crippen LogP contribution in [0.25, 0.3) is 0 Å². The number of guanidine groups is 1. The summed E-state index contributed by atoms with van der Waals surface area (Å²) in [5.74, 6) is 1.27. The molecule has 1 aliphatic carbocycles. The normalized spacial score (nSPS) is 15.7. The molecule has 0 atom stereocenters. The molecule has 1 fully saturated rings. The van der Waals surface area contributed by atoms with Gasteiger partial charge in [0.05, 0.1) is 12.3 Å². The van der Waals surface area contributed by atoms with Crippen LogP contribution < -0.4 is 10.0 Å². The summed E-state index contributed by atoms with van der Waals surface area (Å²) in [7, 11) is -1.30. The summed E-state index contributed by atoms with van der Waals surface area (Å²) in [4.78, 5) is 6.48. The van der Waals surface area contributed by atoms with Crippen LogP contribution in [0.1, 0.15) is 31.7 Å². The fraction of sp³-hybridized carbons (Fsp3) is 0.611. The second kappa shape index (κ2) is 9.77. The molecule has 0 aliphatic heterocycles. The molecule has 0 radical (unpaired) electrons. The maximum atomic E-state index is 12.1. The molecular weight excluding hydrogens is 336 g/mol. The second-order valence-corrected chi connectivity index (χ2v) is 8.47. The molecule has 1 aliphatic rings. The van der Waals surface area contributed by atoms with E-state index >= 15 is 0 Å². The lowest BCUT2D eigenvalue weighted by molar-refractivity contribution is 0.316. The van der Waals surface area contributed by atoms with E-state index in [1.807, 2.05) is 37.1 Å². The first-order valence-electron chi connectivity index (χ1n) is 9.01. The highest BCUT2D eigenvalue weighted by Gasteiger charge is 2.20. The molecule has 0 saturated heterocycles. The van der Waals surface area contributed by atoms with Crippen LogP contribution in [-0.4, -0.2) is 51.7 Å². The van der Waals surface area contributed by atoms with Crippen molar-refractivity contribution in [3.05, 3.63) is 35.9 Å². The topological polar surface area (TPSA) is 73.8 Å². The molecule has 1 aromatic rings. The zero-order valence-electron chi connectivity index (χ0n) is 15.2. The smallest absolute Gasteiger partial charge is 0.213 e. The lowest BCUT2D eigenvalue weighted by Gasteiger charge is -2.25. The predicted molar refractivity (Wildman–Crippen MR) is 103 cm³/mol. The summed E-state index contributed by atoms with van der Waals surface area (Å²) in [6, 6.07) is 10.1. The Labute approximate surface area is 151 Å². The Bertz CT molecular complexity index is 642. The number of aliphatic imine (C=N–C) groups is 1. The summed E-state index contributed by atoms with van der Waals surface area (Å²) in [5, 5.41) is 3.22. The minimum absolute atomic E-state index is 0.0216. The SMILES string of the molecule is CCNC(=NCCS(=O)(=O)NCC1CCC1)N(C)Cc1ccccc1. The number of hydrogen-bond acceptors (Lipinski definition) is 3. The molecule has 0 bridgehead atoms. The molecule has 6 nitrogen and oxygen atoms in total. The molecule has 0 heterocycles. The zero-order valence-corrected chi connectivity index (χ0v) is 16.1. The fourth-order valence-electron chi connectivity index (χ4n) is 2.69. The Morgan fingerprint density at radius 3 is 2.60 bits per heavy atom. The van der Waals surface area contributed by atoms with Crippen LogP contribution >= 0.6 is 0 Å². The van der Waals surface area contributed by atoms with E-state index in [-0.39, 0.29) is 12.3 Å². The van der Waals surface area contributed by atoms with Gasteiger partial charge in [0.1, 0.15) is 0 Å². The lowest BCUT2D eigenvalue weighted by atomic mass is 9.86. The lowest BCUT2D eigenvalue weighted by Crippen LogP contribution is -2.39. The van der Waals surface area contributed by atoms with E-state index in [9.17, 15) is 8.42 Å². The van der Waals surface area contributed by atoms with Crippen molar-refractivity contribution in [3.63, 3.8) is 0 Å². The molecule has 140 valence electrons. The average Bonchev–Trinajstić information content (AvgIpc) is 2.53. The van der Waals surface area contributed by atoms with Gasteiger partial charge in [-0.25, -0.2) is 13.1 Å². The van der Waals surface area contributed by atoms with Crippen LogP contribution in [0.5, 0.6) is 0 Å². The van der Waals surface area contributed by atoms with Crippen molar-refractivity contribution >= 4 is 16.0 Å². The number of sulfonamides is 1. The van der Waals surface area contributed by atoms with Crippen molar-refractivity contribution in [3.8, 4) is 0 Å². The molecule has 25 heavy (non-hydrogen) atoms. The molecule has 1 aromatic carbocycles. The Morgan fingerprint density at radius 1 is 1.28 bits per heavy atom. The van der Waals surface area contributed by atoms with E-state index in [2.05, 4.69) is 27.2 Å². The van der Waals surface area contributed by atoms with Gasteiger partial charge in [0.25, 0.3) is 0 Å². The summed E-state index contributed by atoms with van der Waals surface area (Å²) in [6.45, 7) is 4.29. The van der Waals surface area contributed by atoms with Gasteiger partial charge < -0.3 is 10.2 Å². The quantitative estimate of drug-likeness (QED) is 0.516. The Morgan fingerprint density at radius 2 is 2.00 bits per heavy atom. The van der Waals surface area contributed by atoms with Crippen molar-refractivity contribution in [2.24, 2.45) is 10.9 Å². The van der Waals surface area contributed by atoms with Crippen LogP contribution in [0.2, 0.25) is 0 Å². The number of rotatable bonds is 9. The first-order chi connectivity index (χ1) is 12.0. The highest BCUT2D eigenvalue weighted by molar-refractivity contribution is 7.89. The highest BCUT2D eigenvalue weighted by atomic mass is 32.2. The minimum Gasteiger partial charge on any atom is -0.357 e. The third-order valence-corrected chi connectivity index (χ3v) is 5.72. The van der Waals surface area contributed by atoms with E-state index in [1.165, 1.54) is 12.0 Å². The largest absolute Gasteiger partial charge is 0.357 e. The molecule has 1 saturated carbocycles. The van der Waals surface area contributed by atoms with E-state index in [0.717, 1.165) is 31.9 Å². The predicted octanol–water partition coefficient (Wildman–Crippen LogP) is 1.80. The van der Waals surface area contributed by atoms with Crippen LogP contribution in [0.4, 0.5) is 0 Å². The van der Waals surface area contributed by atoms with Gasteiger partial charge in [0, 0.05) is 26.7 Å². The van der Waals surface area contributed by atoms with E-state index in [0.29, 0.717) is 12.5 Å². The zero-order chi connectivity index (χ0) is 18.1. The number of hydrogen-bond donors (Lipinski definition) is 2. The minimum atomic E-state index is -3.25. The van der Waals surface area contributed by atoms with E-state index < -0.39 is 10.0 Å². The van der Waals surface area contributed by atoms with Gasteiger partial charge in [-0.1, -0.05) is 36.8 Å². The van der Waals surface area contributed by atoms with Gasteiger partial charge >= 0.3 is 0 Å². The summed E-state index contributed by atoms with van der Waals surface area (Å²) < 4.78 is 26.8. The van der Waals surface area contributed by atoms with Gasteiger partial charge in [-0.3, -0.25) is 4.99 Å². The number of nitrogens with zero attached hydrogens (tertiary/aromatic N) is 2. The molecule has 7 heteroatoms. The Hall–Kier alpha value is -1.60. The molecule has 0 aromatic heterocycles. The standard InChI is InChI=1S/C18H30N4O2S/c1-3-19-18(22(2)15-17-8-5-4-6-9-17)20-12-13-25(23,24)21-14-16-10-7-11-16/h4-6,8-9,16,21H,3,7,10-15H2,1-2H3,(H,19,20). The van der Waals surface area contributed by atoms with Crippen molar-refractivity contribution in [2.45, 2.75) is 32.7 Å². The molecule has 2 N–H and O–H groups in total. The van der Waals surface area contributed by atoms with Crippen LogP contribution in [0.15, 0.2) is 35.3 Å². The number of nitrogens with one attached hydrogen (secondary N) is 2. The van der Waals surface area contributed by atoms with E-state index in [1.54, 1.807) is 0 Å². The monoisotopic (exact) mass is 366 g/mol. The van der Waals surface area contributed by atoms with Gasteiger partial charge in [-0.05, 0) is 31.2 Å². The molecule has 0 spiro atoms. The number of benzene rings is 1. The molecule has 0 amide bonds. The van der Waals surface area contributed by atoms with Crippen LogP contribution in [0, 0.1) is 5.92 Å². The molecule has 2 rings (SSSR count). The van der Waals surface area contributed by atoms with Crippen molar-refractivity contribution in [2.75, 3.05) is 32.4 Å². The van der Waals surface area contributed by atoms with Gasteiger partial charge in [-0.15, -0.1) is 0 Å². The first kappa shape index (κ1) is 19.7.